The highest BCUT2D eigenvalue weighted by Gasteiger charge is 2.18. The van der Waals surface area contributed by atoms with Crippen molar-refractivity contribution in [3.05, 3.63) is 12.2 Å². The number of aliphatic hydroxyl groups excluding tert-OH is 2. The number of nitrogens with one attached hydrogen (secondary N) is 1. The molecule has 3 N–H and O–H groups in total. The molecular formula is C71H139NO5. The summed E-state index contributed by atoms with van der Waals surface area (Å²) in [5, 5.41) is 23.3. The minimum atomic E-state index is -0.843. The fourth-order valence-electron chi connectivity index (χ4n) is 11.4. The molecule has 0 aliphatic carbocycles. The molecule has 0 heterocycles. The molecule has 6 nitrogen and oxygen atoms in total. The van der Waals surface area contributed by atoms with Gasteiger partial charge in [-0.1, -0.05) is 373 Å². The van der Waals surface area contributed by atoms with Crippen LogP contribution in [0.1, 0.15) is 406 Å². The highest BCUT2D eigenvalue weighted by atomic mass is 16.5. The van der Waals surface area contributed by atoms with E-state index in [2.05, 4.69) is 19.2 Å². The van der Waals surface area contributed by atoms with Gasteiger partial charge in [0.25, 0.3) is 0 Å². The van der Waals surface area contributed by atoms with Crippen LogP contribution < -0.4 is 5.32 Å². The Hall–Kier alpha value is -1.40. The second kappa shape index (κ2) is 67.1. The second-order valence-corrected chi connectivity index (χ2v) is 24.6. The molecule has 1 amide bonds. The second-order valence-electron chi connectivity index (χ2n) is 24.6. The number of hydrogen-bond donors (Lipinski definition) is 3. The topological polar surface area (TPSA) is 95.9 Å². The van der Waals surface area contributed by atoms with Crippen LogP contribution in [-0.2, 0) is 14.3 Å². The van der Waals surface area contributed by atoms with E-state index >= 15 is 0 Å². The highest BCUT2D eigenvalue weighted by Crippen LogP contribution is 2.19. The first-order chi connectivity index (χ1) is 38.0. The number of esters is 1. The zero-order valence-electron chi connectivity index (χ0n) is 52.5. The molecule has 0 aliphatic heterocycles. The molecule has 0 aliphatic rings. The third-order valence-corrected chi connectivity index (χ3v) is 16.8. The van der Waals surface area contributed by atoms with E-state index < -0.39 is 12.1 Å². The SMILES string of the molecule is CCCCCCCCCCCCCCCCCCCCCC/C=C/C(O)C(CO)NC(=O)CCCCCCCCCCCCCCCCCCCCCCCCCCCCCOC(=O)CCCCCCCCCCCCC. The molecule has 6 heteroatoms. The molecule has 0 aromatic heterocycles. The van der Waals surface area contributed by atoms with Gasteiger partial charge in [-0.2, -0.15) is 0 Å². The lowest BCUT2D eigenvalue weighted by Crippen LogP contribution is -2.45. The fraction of sp³-hybridized carbons (Fsp3) is 0.944. The lowest BCUT2D eigenvalue weighted by Gasteiger charge is -2.20. The van der Waals surface area contributed by atoms with E-state index in [-0.39, 0.29) is 18.5 Å². The smallest absolute Gasteiger partial charge is 0.305 e. The number of aliphatic hydroxyl groups is 2. The average Bonchev–Trinajstić information content (AvgIpc) is 3.43. The molecular weight excluding hydrogens is 947 g/mol. The van der Waals surface area contributed by atoms with Crippen molar-refractivity contribution in [2.75, 3.05) is 13.2 Å². The van der Waals surface area contributed by atoms with Crippen molar-refractivity contribution in [3.8, 4) is 0 Å². The molecule has 0 saturated heterocycles. The minimum absolute atomic E-state index is 0.0183. The van der Waals surface area contributed by atoms with Gasteiger partial charge >= 0.3 is 5.97 Å². The van der Waals surface area contributed by atoms with Gasteiger partial charge in [0, 0.05) is 12.8 Å². The van der Waals surface area contributed by atoms with Crippen molar-refractivity contribution >= 4 is 11.9 Å². The lowest BCUT2D eigenvalue weighted by molar-refractivity contribution is -0.143. The number of carbonyl (C=O) groups excluding carboxylic acids is 2. The zero-order chi connectivity index (χ0) is 55.7. The molecule has 0 radical (unpaired) electrons. The molecule has 0 rings (SSSR count). The Balaban J connectivity index is 3.38. The summed E-state index contributed by atoms with van der Waals surface area (Å²) < 4.78 is 5.48. The molecule has 0 fully saturated rings. The summed E-state index contributed by atoms with van der Waals surface area (Å²) in [6, 6.07) is -0.626. The van der Waals surface area contributed by atoms with E-state index in [1.54, 1.807) is 6.08 Å². The van der Waals surface area contributed by atoms with E-state index in [4.69, 9.17) is 4.74 Å². The average molecular weight is 1090 g/mol. The molecule has 0 aromatic carbocycles. The molecule has 77 heavy (non-hydrogen) atoms. The van der Waals surface area contributed by atoms with Gasteiger partial charge in [0.05, 0.1) is 25.4 Å². The number of ether oxygens (including phenoxy) is 1. The quantitative estimate of drug-likeness (QED) is 0.0320. The van der Waals surface area contributed by atoms with Crippen LogP contribution in [0.25, 0.3) is 0 Å². The number of allylic oxidation sites excluding steroid dienone is 1. The van der Waals surface area contributed by atoms with Gasteiger partial charge in [-0.15, -0.1) is 0 Å². The van der Waals surface area contributed by atoms with Gasteiger partial charge in [-0.25, -0.2) is 0 Å². The fourth-order valence-corrected chi connectivity index (χ4v) is 11.4. The summed E-state index contributed by atoms with van der Waals surface area (Å²) in [5.41, 5.74) is 0. The Bertz CT molecular complexity index is 1160. The number of hydrogen-bond acceptors (Lipinski definition) is 5. The van der Waals surface area contributed by atoms with E-state index in [0.717, 1.165) is 38.5 Å². The number of amides is 1. The van der Waals surface area contributed by atoms with Crippen LogP contribution in [0.3, 0.4) is 0 Å². The van der Waals surface area contributed by atoms with Gasteiger partial charge < -0.3 is 20.3 Å². The minimum Gasteiger partial charge on any atom is -0.466 e. The maximum atomic E-state index is 12.5. The van der Waals surface area contributed by atoms with Gasteiger partial charge in [0.15, 0.2) is 0 Å². The van der Waals surface area contributed by atoms with Crippen LogP contribution in [-0.4, -0.2) is 47.4 Å². The largest absolute Gasteiger partial charge is 0.466 e. The third-order valence-electron chi connectivity index (χ3n) is 16.8. The molecule has 0 saturated carbocycles. The summed E-state index contributed by atoms with van der Waals surface area (Å²) >= 11 is 0. The van der Waals surface area contributed by atoms with E-state index in [0.29, 0.717) is 19.4 Å². The number of unbranched alkanes of at least 4 members (excludes halogenated alkanes) is 56. The first-order valence-electron chi connectivity index (χ1n) is 35.5. The predicted molar refractivity (Wildman–Crippen MR) is 338 cm³/mol. The van der Waals surface area contributed by atoms with Crippen molar-refractivity contribution in [3.63, 3.8) is 0 Å². The van der Waals surface area contributed by atoms with Gasteiger partial charge in [-0.3, -0.25) is 9.59 Å². The van der Waals surface area contributed by atoms with Gasteiger partial charge in [-0.05, 0) is 32.1 Å². The highest BCUT2D eigenvalue weighted by molar-refractivity contribution is 5.76. The Morgan fingerprint density at radius 1 is 0.351 bits per heavy atom. The Kier molecular flexibility index (Phi) is 65.9. The Labute approximate surface area is 482 Å². The molecule has 2 atom stereocenters. The summed E-state index contributed by atoms with van der Waals surface area (Å²) in [6.45, 7) is 4.95. The van der Waals surface area contributed by atoms with Crippen molar-refractivity contribution in [1.29, 1.82) is 0 Å². The van der Waals surface area contributed by atoms with Crippen molar-refractivity contribution in [1.82, 2.24) is 5.32 Å². The molecule has 458 valence electrons. The summed E-state index contributed by atoms with van der Waals surface area (Å²) in [7, 11) is 0. The van der Waals surface area contributed by atoms with Crippen molar-refractivity contribution in [2.45, 2.75) is 418 Å². The van der Waals surface area contributed by atoms with Crippen LogP contribution in [0.5, 0.6) is 0 Å². The zero-order valence-corrected chi connectivity index (χ0v) is 52.5. The first kappa shape index (κ1) is 75.6. The Morgan fingerprint density at radius 2 is 0.597 bits per heavy atom. The van der Waals surface area contributed by atoms with E-state index in [9.17, 15) is 19.8 Å². The van der Waals surface area contributed by atoms with Crippen LogP contribution in [0.2, 0.25) is 0 Å². The van der Waals surface area contributed by atoms with Crippen LogP contribution in [0, 0.1) is 0 Å². The molecule has 2 unspecified atom stereocenters. The Morgan fingerprint density at radius 3 is 0.883 bits per heavy atom. The van der Waals surface area contributed by atoms with Gasteiger partial charge in [0.2, 0.25) is 5.91 Å². The van der Waals surface area contributed by atoms with Crippen LogP contribution in [0.15, 0.2) is 12.2 Å². The molecule has 0 aromatic rings. The van der Waals surface area contributed by atoms with Crippen molar-refractivity contribution in [2.24, 2.45) is 0 Å². The van der Waals surface area contributed by atoms with Crippen LogP contribution in [0.4, 0.5) is 0 Å². The number of carbonyl (C=O) groups is 2. The van der Waals surface area contributed by atoms with Gasteiger partial charge in [0.1, 0.15) is 0 Å². The van der Waals surface area contributed by atoms with E-state index in [1.165, 1.54) is 340 Å². The lowest BCUT2D eigenvalue weighted by atomic mass is 10.0. The number of rotatable bonds is 67. The van der Waals surface area contributed by atoms with Crippen molar-refractivity contribution < 1.29 is 24.5 Å². The monoisotopic (exact) mass is 1090 g/mol. The molecule has 0 spiro atoms. The first-order valence-corrected chi connectivity index (χ1v) is 35.5. The standard InChI is InChI=1S/C71H139NO5/c1-3-5-7-9-11-13-15-16-17-18-19-20-28-31-34-37-40-44-47-51-55-59-63-69(74)68(67-73)72-70(75)64-60-56-52-48-45-41-38-35-32-29-26-24-22-21-23-25-27-30-33-36-39-42-46-50-54-58-62-66-77-71(76)65-61-57-53-49-43-14-12-10-8-6-4-2/h59,63,68-69,73-74H,3-58,60-62,64-67H2,1-2H3,(H,72,75)/b63-59+. The normalized spacial score (nSPS) is 12.5. The maximum absolute atomic E-state index is 12.5. The summed E-state index contributed by atoms with van der Waals surface area (Å²) in [5.74, 6) is -0.0421. The third kappa shape index (κ3) is 63.6. The summed E-state index contributed by atoms with van der Waals surface area (Å²) in [4.78, 5) is 24.5. The predicted octanol–water partition coefficient (Wildman–Crippen LogP) is 22.8. The maximum Gasteiger partial charge on any atom is 0.305 e. The summed E-state index contributed by atoms with van der Waals surface area (Å²) in [6.07, 6.45) is 82.9. The molecule has 0 bridgehead atoms. The van der Waals surface area contributed by atoms with E-state index in [1.807, 2.05) is 6.08 Å². The van der Waals surface area contributed by atoms with Crippen LogP contribution >= 0.6 is 0 Å².